The molecule has 0 spiro atoms. The first kappa shape index (κ1) is 35.6. The average Bonchev–Trinajstić information content (AvgIpc) is 3.11. The van der Waals surface area contributed by atoms with Crippen molar-refractivity contribution >= 4 is 22.5 Å². The van der Waals surface area contributed by atoms with Crippen LogP contribution in [0.25, 0.3) is 16.6 Å². The Morgan fingerprint density at radius 3 is 2.16 bits per heavy atom. The van der Waals surface area contributed by atoms with Crippen molar-refractivity contribution in [1.29, 1.82) is 0 Å². The number of anilines is 1. The number of amides is 1. The van der Waals surface area contributed by atoms with E-state index in [2.05, 4.69) is 10.6 Å². The molecular weight excluding hydrogens is 664 g/mol. The fourth-order valence-electron chi connectivity index (χ4n) is 5.73. The number of carbonyl (C=O) groups is 1. The topological polar surface area (TPSA) is 73.9 Å². The number of rotatable bonds is 11. The summed E-state index contributed by atoms with van der Waals surface area (Å²) in [6.07, 6.45) is 5.44. The first-order valence-electron chi connectivity index (χ1n) is 15.6. The summed E-state index contributed by atoms with van der Waals surface area (Å²) < 4.78 is 49.5. The zero-order chi connectivity index (χ0) is 34.5. The van der Waals surface area contributed by atoms with Gasteiger partial charge in [0.2, 0.25) is 5.43 Å². The highest BCUT2D eigenvalue weighted by atomic mass is 35.5. The zero-order valence-electron chi connectivity index (χ0n) is 27.6. The van der Waals surface area contributed by atoms with Gasteiger partial charge >= 0.3 is 0 Å². The highest BCUT2D eigenvalue weighted by Crippen LogP contribution is 2.30. The maximum atomic E-state index is 14.2. The molecule has 0 aliphatic heterocycles. The number of hydrogen-bond acceptors (Lipinski definition) is 5. The predicted molar refractivity (Wildman–Crippen MR) is 183 cm³/mol. The summed E-state index contributed by atoms with van der Waals surface area (Å²) in [7, 11) is 3.05. The highest BCUT2D eigenvalue weighted by Gasteiger charge is 2.24. The molecule has 50 heavy (non-hydrogen) atoms. The van der Waals surface area contributed by atoms with Gasteiger partial charge in [-0.3, -0.25) is 9.59 Å². The molecule has 2 heterocycles. The van der Waals surface area contributed by atoms with Crippen LogP contribution in [0.15, 0.2) is 120 Å². The second kappa shape index (κ2) is 15.7. The lowest BCUT2D eigenvalue weighted by Gasteiger charge is -2.22. The van der Waals surface area contributed by atoms with Gasteiger partial charge < -0.3 is 36.1 Å². The van der Waals surface area contributed by atoms with Crippen LogP contribution in [0.1, 0.15) is 28.4 Å². The van der Waals surface area contributed by atoms with E-state index in [1.165, 1.54) is 20.4 Å². The van der Waals surface area contributed by atoms with Crippen molar-refractivity contribution < 1.29 is 44.8 Å². The largest absolute Gasteiger partial charge is 1.00 e. The third-order valence-corrected chi connectivity index (χ3v) is 8.18. The van der Waals surface area contributed by atoms with E-state index in [0.29, 0.717) is 35.0 Å². The van der Waals surface area contributed by atoms with Gasteiger partial charge in [0.05, 0.1) is 25.4 Å². The van der Waals surface area contributed by atoms with Crippen molar-refractivity contribution in [1.82, 2.24) is 4.57 Å². The Morgan fingerprint density at radius 2 is 1.48 bits per heavy atom. The minimum Gasteiger partial charge on any atom is -1.00 e. The Balaban J connectivity index is 0.00000486. The van der Waals surface area contributed by atoms with Gasteiger partial charge in [-0.25, -0.2) is 13.3 Å². The summed E-state index contributed by atoms with van der Waals surface area (Å²) >= 11 is 0. The number of methoxy groups -OCH3 is 2. The van der Waals surface area contributed by atoms with E-state index in [9.17, 15) is 18.4 Å². The molecule has 8 nitrogen and oxygen atoms in total. The maximum absolute atomic E-state index is 14.2. The van der Waals surface area contributed by atoms with Crippen LogP contribution in [0.3, 0.4) is 0 Å². The van der Waals surface area contributed by atoms with Crippen LogP contribution < -0.4 is 41.5 Å². The SMILES string of the molecule is CCN(C(=O)c1cn(-c2cc(OC)cc(OCc3ccccc3C[n+]3ccccc3)c2)c2cc(OC)ccc2c1=O)c1cc(F)cc(F)c1.[Cl-]. The molecule has 0 N–H and O–H groups in total. The number of ether oxygens (including phenoxy) is 3. The van der Waals surface area contributed by atoms with Gasteiger partial charge in [0.25, 0.3) is 5.91 Å². The van der Waals surface area contributed by atoms with Gasteiger partial charge in [-0.2, -0.15) is 0 Å². The van der Waals surface area contributed by atoms with Crippen LogP contribution >= 0.6 is 0 Å². The van der Waals surface area contributed by atoms with Gasteiger partial charge in [0.15, 0.2) is 18.9 Å². The van der Waals surface area contributed by atoms with Crippen molar-refractivity contribution in [3.63, 3.8) is 0 Å². The first-order chi connectivity index (χ1) is 23.8. The van der Waals surface area contributed by atoms with Crippen molar-refractivity contribution in [2.45, 2.75) is 20.1 Å². The van der Waals surface area contributed by atoms with Gasteiger partial charge in [0, 0.05) is 71.8 Å². The fraction of sp³-hybridized carbons (Fsp3) is 0.154. The number of hydrogen-bond donors (Lipinski definition) is 0. The fourth-order valence-corrected chi connectivity index (χ4v) is 5.73. The van der Waals surface area contributed by atoms with Gasteiger partial charge in [0.1, 0.15) is 41.1 Å². The number of nitrogens with zero attached hydrogens (tertiary/aromatic N) is 3. The molecule has 0 radical (unpaired) electrons. The molecule has 1 amide bonds. The Hall–Kier alpha value is -5.74. The van der Waals surface area contributed by atoms with Crippen molar-refractivity contribution in [2.24, 2.45) is 0 Å². The van der Waals surface area contributed by atoms with E-state index < -0.39 is 23.0 Å². The lowest BCUT2D eigenvalue weighted by Crippen LogP contribution is -3.00. The summed E-state index contributed by atoms with van der Waals surface area (Å²) in [6.45, 7) is 2.66. The Kier molecular flexibility index (Phi) is 11.1. The minimum atomic E-state index is -0.838. The van der Waals surface area contributed by atoms with Gasteiger partial charge in [-0.15, -0.1) is 0 Å². The van der Waals surface area contributed by atoms with Crippen molar-refractivity contribution in [2.75, 3.05) is 25.7 Å². The third kappa shape index (κ3) is 7.61. The van der Waals surface area contributed by atoms with E-state index in [4.69, 9.17) is 14.2 Å². The molecule has 0 saturated heterocycles. The van der Waals surface area contributed by atoms with Crippen LogP contribution in [0, 0.1) is 11.6 Å². The molecule has 6 aromatic rings. The number of pyridine rings is 2. The molecule has 6 rings (SSSR count). The number of aromatic nitrogens is 2. The number of halogens is 3. The average molecular weight is 698 g/mol. The molecular formula is C39H34ClF2N3O5. The first-order valence-corrected chi connectivity index (χ1v) is 15.6. The lowest BCUT2D eigenvalue weighted by molar-refractivity contribution is -0.688. The summed E-state index contributed by atoms with van der Waals surface area (Å²) in [5.41, 5.74) is 2.36. The van der Waals surface area contributed by atoms with Crippen LogP contribution in [-0.2, 0) is 13.2 Å². The number of carbonyl (C=O) groups excluding carboxylic acids is 1. The number of fused-ring (bicyclic) bond motifs is 1. The quantitative estimate of drug-likeness (QED) is 0.192. The Morgan fingerprint density at radius 1 is 0.800 bits per heavy atom. The molecule has 4 aromatic carbocycles. The molecule has 0 aliphatic rings. The zero-order valence-corrected chi connectivity index (χ0v) is 28.4. The predicted octanol–water partition coefficient (Wildman–Crippen LogP) is 3.87. The van der Waals surface area contributed by atoms with Crippen LogP contribution in [0.2, 0.25) is 0 Å². The van der Waals surface area contributed by atoms with Crippen LogP contribution in [0.4, 0.5) is 14.5 Å². The molecule has 0 bridgehead atoms. The summed E-state index contributed by atoms with van der Waals surface area (Å²) in [6, 6.07) is 27.0. The van der Waals surface area contributed by atoms with Crippen molar-refractivity contribution in [3.05, 3.63) is 154 Å². The second-order valence-corrected chi connectivity index (χ2v) is 11.3. The lowest BCUT2D eigenvalue weighted by atomic mass is 10.1. The van der Waals surface area contributed by atoms with Gasteiger partial charge in [-0.1, -0.05) is 30.3 Å². The van der Waals surface area contributed by atoms with E-state index in [0.717, 1.165) is 34.2 Å². The van der Waals surface area contributed by atoms with E-state index in [1.807, 2.05) is 48.8 Å². The molecule has 0 aliphatic carbocycles. The van der Waals surface area contributed by atoms with Crippen LogP contribution in [0.5, 0.6) is 17.2 Å². The second-order valence-electron chi connectivity index (χ2n) is 11.3. The standard InChI is InChI=1S/C39H34F2N3O5.ClH/c1-4-43(30-17-28(40)16-29(41)18-30)39(46)36-24-44(37-22-32(47-2)12-13-35(37)38(36)45)31-19-33(48-3)21-34(20-31)49-25-27-11-7-6-10-26(27)23-42-14-8-5-9-15-42;/h5-22,24H,4,23,25H2,1-3H3;1H/q+1;/p-1. The smallest absolute Gasteiger partial charge is 0.263 e. The number of benzene rings is 4. The molecule has 0 fully saturated rings. The normalized spacial score (nSPS) is 10.7. The Labute approximate surface area is 294 Å². The Bertz CT molecular complexity index is 2190. The summed E-state index contributed by atoms with van der Waals surface area (Å²) in [4.78, 5) is 29.0. The van der Waals surface area contributed by atoms with E-state index in [-0.39, 0.29) is 42.2 Å². The third-order valence-electron chi connectivity index (χ3n) is 8.18. The van der Waals surface area contributed by atoms with E-state index in [1.54, 1.807) is 47.9 Å². The molecule has 0 atom stereocenters. The van der Waals surface area contributed by atoms with Gasteiger partial charge in [-0.05, 0) is 36.8 Å². The molecule has 2 aromatic heterocycles. The minimum absolute atomic E-state index is 0. The summed E-state index contributed by atoms with van der Waals surface area (Å²) in [5.74, 6) is -0.920. The molecule has 11 heteroatoms. The highest BCUT2D eigenvalue weighted by molar-refractivity contribution is 6.07. The molecule has 256 valence electrons. The molecule has 0 saturated carbocycles. The monoisotopic (exact) mass is 697 g/mol. The maximum Gasteiger partial charge on any atom is 0.263 e. The van der Waals surface area contributed by atoms with E-state index >= 15 is 0 Å². The van der Waals surface area contributed by atoms with Crippen LogP contribution in [-0.4, -0.2) is 31.2 Å². The molecule has 0 unspecified atom stereocenters. The van der Waals surface area contributed by atoms with Crippen molar-refractivity contribution in [3.8, 4) is 22.9 Å². The summed E-state index contributed by atoms with van der Waals surface area (Å²) in [5, 5.41) is 0.241.